The third-order valence-electron chi connectivity index (χ3n) is 4.23. The summed E-state index contributed by atoms with van der Waals surface area (Å²) in [5, 5.41) is 3.14. The number of carbonyl (C=O) groups excluding carboxylic acids is 1. The lowest BCUT2D eigenvalue weighted by Crippen LogP contribution is -2.41. The van der Waals surface area contributed by atoms with Crippen LogP contribution in [-0.2, 0) is 11.2 Å². The Morgan fingerprint density at radius 1 is 1.45 bits per heavy atom. The lowest BCUT2D eigenvalue weighted by atomic mass is 9.86. The molecule has 1 aliphatic heterocycles. The second kappa shape index (κ2) is 6.29. The Morgan fingerprint density at radius 3 is 2.68 bits per heavy atom. The number of amides is 1. The summed E-state index contributed by atoms with van der Waals surface area (Å²) in [5.41, 5.74) is 9.09. The first-order valence-corrected chi connectivity index (χ1v) is 8.18. The van der Waals surface area contributed by atoms with E-state index in [1.54, 1.807) is 0 Å². The zero-order valence-electron chi connectivity index (χ0n) is 14.3. The summed E-state index contributed by atoms with van der Waals surface area (Å²) in [4.78, 5) is 11.9. The van der Waals surface area contributed by atoms with Gasteiger partial charge >= 0.3 is 0 Å². The molecule has 0 aliphatic carbocycles. The molecule has 0 fully saturated rings. The van der Waals surface area contributed by atoms with Crippen molar-refractivity contribution in [2.75, 3.05) is 0 Å². The molecule has 2 rings (SSSR count). The number of nitrogens with two attached hydrogens (primary N) is 1. The van der Waals surface area contributed by atoms with Crippen LogP contribution in [0.15, 0.2) is 12.1 Å². The molecule has 0 spiro atoms. The van der Waals surface area contributed by atoms with Gasteiger partial charge in [0.2, 0.25) is 5.91 Å². The molecular formula is C18H28N2O2. The summed E-state index contributed by atoms with van der Waals surface area (Å²) in [5.74, 6) is 0.988. The molecule has 1 amide bonds. The largest absolute Gasteiger partial charge is 0.487 e. The lowest BCUT2D eigenvalue weighted by Gasteiger charge is -2.39. The van der Waals surface area contributed by atoms with Gasteiger partial charge in [-0.25, -0.2) is 0 Å². The van der Waals surface area contributed by atoms with E-state index in [1.165, 1.54) is 0 Å². The molecule has 4 heteroatoms. The van der Waals surface area contributed by atoms with Crippen LogP contribution in [0.2, 0.25) is 0 Å². The van der Waals surface area contributed by atoms with E-state index >= 15 is 0 Å². The van der Waals surface area contributed by atoms with Crippen LogP contribution in [0.3, 0.4) is 0 Å². The van der Waals surface area contributed by atoms with E-state index in [-0.39, 0.29) is 23.6 Å². The van der Waals surface area contributed by atoms with Gasteiger partial charge < -0.3 is 15.8 Å². The number of fused-ring (bicyclic) bond motifs is 1. The van der Waals surface area contributed by atoms with Gasteiger partial charge in [0.15, 0.2) is 0 Å². The summed E-state index contributed by atoms with van der Waals surface area (Å²) >= 11 is 0. The van der Waals surface area contributed by atoms with E-state index in [4.69, 9.17) is 10.5 Å². The number of carbonyl (C=O) groups is 1. The van der Waals surface area contributed by atoms with Crippen LogP contribution in [0.25, 0.3) is 0 Å². The quantitative estimate of drug-likeness (QED) is 0.896. The molecule has 3 N–H and O–H groups in total. The highest BCUT2D eigenvalue weighted by Gasteiger charge is 2.36. The smallest absolute Gasteiger partial charge is 0.220 e. The van der Waals surface area contributed by atoms with Crippen LogP contribution in [0, 0.1) is 0 Å². The number of benzene rings is 1. The van der Waals surface area contributed by atoms with E-state index < -0.39 is 0 Å². The minimum atomic E-state index is -0.293. The molecule has 22 heavy (non-hydrogen) atoms. The van der Waals surface area contributed by atoms with E-state index in [9.17, 15) is 4.79 Å². The molecule has 4 nitrogen and oxygen atoms in total. The average Bonchev–Trinajstić information content (AvgIpc) is 2.44. The number of hydrogen-bond acceptors (Lipinski definition) is 3. The summed E-state index contributed by atoms with van der Waals surface area (Å²) in [7, 11) is 0. The number of hydrogen-bond donors (Lipinski definition) is 2. The summed E-state index contributed by atoms with van der Waals surface area (Å²) in [6.07, 6.45) is 2.13. The molecule has 0 saturated heterocycles. The Kier molecular flexibility index (Phi) is 4.81. The zero-order chi connectivity index (χ0) is 16.5. The second-order valence-electron chi connectivity index (χ2n) is 6.78. The van der Waals surface area contributed by atoms with Gasteiger partial charge in [-0.2, -0.15) is 0 Å². The van der Waals surface area contributed by atoms with Crippen molar-refractivity contribution >= 4 is 5.91 Å². The molecule has 0 bridgehead atoms. The Hall–Kier alpha value is -1.55. The minimum Gasteiger partial charge on any atom is -0.487 e. The predicted molar refractivity (Wildman–Crippen MR) is 88.9 cm³/mol. The third kappa shape index (κ3) is 3.43. The van der Waals surface area contributed by atoms with Gasteiger partial charge in [0.05, 0.1) is 6.04 Å². The van der Waals surface area contributed by atoms with Crippen molar-refractivity contribution in [1.29, 1.82) is 0 Å². The normalized spacial score (nSPS) is 20.7. The van der Waals surface area contributed by atoms with Crippen molar-refractivity contribution in [3.63, 3.8) is 0 Å². The first-order valence-electron chi connectivity index (χ1n) is 8.18. The Labute approximate surface area is 133 Å². The highest BCUT2D eigenvalue weighted by molar-refractivity contribution is 5.76. The fourth-order valence-corrected chi connectivity index (χ4v) is 2.99. The molecule has 0 radical (unpaired) electrons. The molecule has 1 aliphatic rings. The van der Waals surface area contributed by atoms with Crippen molar-refractivity contribution in [2.45, 2.75) is 71.6 Å². The standard InChI is InChI=1S/C18H28N2O2/c1-6-12-8-13(11(3)19)9-14-15(20-16(21)7-2)10-18(4,5)22-17(12)14/h8-9,11,15H,6-7,10,19H2,1-5H3,(H,20,21). The van der Waals surface area contributed by atoms with Gasteiger partial charge in [-0.05, 0) is 44.4 Å². The molecule has 122 valence electrons. The van der Waals surface area contributed by atoms with Crippen LogP contribution in [0.4, 0.5) is 0 Å². The number of ether oxygens (including phenoxy) is 1. The fraction of sp³-hybridized carbons (Fsp3) is 0.611. The molecule has 2 unspecified atom stereocenters. The van der Waals surface area contributed by atoms with Crippen molar-refractivity contribution in [1.82, 2.24) is 5.32 Å². The number of rotatable bonds is 4. The Balaban J connectivity index is 2.53. The maximum atomic E-state index is 11.9. The van der Waals surface area contributed by atoms with Crippen molar-refractivity contribution < 1.29 is 9.53 Å². The van der Waals surface area contributed by atoms with Crippen molar-refractivity contribution in [2.24, 2.45) is 5.73 Å². The van der Waals surface area contributed by atoms with Crippen LogP contribution in [0.1, 0.15) is 76.2 Å². The second-order valence-corrected chi connectivity index (χ2v) is 6.78. The zero-order valence-corrected chi connectivity index (χ0v) is 14.3. The van der Waals surface area contributed by atoms with E-state index in [2.05, 4.69) is 38.2 Å². The van der Waals surface area contributed by atoms with Gasteiger partial charge in [-0.3, -0.25) is 4.79 Å². The fourth-order valence-electron chi connectivity index (χ4n) is 2.99. The molecule has 0 saturated carbocycles. The third-order valence-corrected chi connectivity index (χ3v) is 4.23. The van der Waals surface area contributed by atoms with Gasteiger partial charge in [0, 0.05) is 24.4 Å². The van der Waals surface area contributed by atoms with E-state index in [0.717, 1.165) is 35.3 Å². The maximum absolute atomic E-state index is 11.9. The highest BCUT2D eigenvalue weighted by atomic mass is 16.5. The first-order chi connectivity index (χ1) is 10.3. The first kappa shape index (κ1) is 16.8. The van der Waals surface area contributed by atoms with Gasteiger partial charge in [0.25, 0.3) is 0 Å². The van der Waals surface area contributed by atoms with Crippen LogP contribution < -0.4 is 15.8 Å². The topological polar surface area (TPSA) is 64.3 Å². The molecule has 0 aromatic heterocycles. The van der Waals surface area contributed by atoms with E-state index in [1.807, 2.05) is 13.8 Å². The average molecular weight is 304 g/mol. The van der Waals surface area contributed by atoms with Gasteiger partial charge in [-0.15, -0.1) is 0 Å². The van der Waals surface area contributed by atoms with Crippen LogP contribution in [-0.4, -0.2) is 11.5 Å². The molecular weight excluding hydrogens is 276 g/mol. The van der Waals surface area contributed by atoms with Crippen molar-refractivity contribution in [3.8, 4) is 5.75 Å². The lowest BCUT2D eigenvalue weighted by molar-refractivity contribution is -0.122. The maximum Gasteiger partial charge on any atom is 0.220 e. The van der Waals surface area contributed by atoms with Gasteiger partial charge in [-0.1, -0.05) is 19.9 Å². The van der Waals surface area contributed by atoms with Crippen LogP contribution in [0.5, 0.6) is 5.75 Å². The summed E-state index contributed by atoms with van der Waals surface area (Å²) in [6.45, 7) is 10.1. The van der Waals surface area contributed by atoms with E-state index in [0.29, 0.717) is 6.42 Å². The highest BCUT2D eigenvalue weighted by Crippen LogP contribution is 2.43. The Bertz CT molecular complexity index is 564. The van der Waals surface area contributed by atoms with Crippen LogP contribution >= 0.6 is 0 Å². The summed E-state index contributed by atoms with van der Waals surface area (Å²) in [6, 6.07) is 4.17. The monoisotopic (exact) mass is 304 g/mol. The minimum absolute atomic E-state index is 0.0183. The molecule has 1 heterocycles. The van der Waals surface area contributed by atoms with Crippen molar-refractivity contribution in [3.05, 3.63) is 28.8 Å². The molecule has 1 aromatic rings. The predicted octanol–water partition coefficient (Wildman–Crippen LogP) is 3.40. The van der Waals surface area contributed by atoms with Gasteiger partial charge in [0.1, 0.15) is 11.4 Å². The summed E-state index contributed by atoms with van der Waals surface area (Å²) < 4.78 is 6.23. The molecule has 2 atom stereocenters. The number of nitrogens with one attached hydrogen (secondary N) is 1. The molecule has 1 aromatic carbocycles. The Morgan fingerprint density at radius 2 is 2.14 bits per heavy atom. The SMILES string of the molecule is CCC(=O)NC1CC(C)(C)Oc2c(CC)cc(C(C)N)cc21. The number of aryl methyl sites for hydroxylation is 1.